The lowest BCUT2D eigenvalue weighted by Gasteiger charge is -2.09. The van der Waals surface area contributed by atoms with Crippen LogP contribution in [0.2, 0.25) is 0 Å². The number of rotatable bonds is 7. The Kier molecular flexibility index (Phi) is 5.99. The summed E-state index contributed by atoms with van der Waals surface area (Å²) in [5.41, 5.74) is 3.90. The van der Waals surface area contributed by atoms with Crippen molar-refractivity contribution < 1.29 is 13.9 Å². The standard InChI is InChI=1S/C17H19N3O3/c1-13(9-10-14-6-5-11-23-14)19-20-17(21)12-18-15-7-3-4-8-16(15)22-2/h3-11,18H,12H2,1-2H3,(H,20,21). The maximum atomic E-state index is 11.8. The third-order valence-corrected chi connectivity index (χ3v) is 2.94. The predicted octanol–water partition coefficient (Wildman–Crippen LogP) is 2.91. The average Bonchev–Trinajstić information content (AvgIpc) is 3.10. The lowest BCUT2D eigenvalue weighted by molar-refractivity contribution is -0.119. The van der Waals surface area contributed by atoms with Crippen LogP contribution in [0.25, 0.3) is 6.08 Å². The van der Waals surface area contributed by atoms with Gasteiger partial charge in [-0.2, -0.15) is 5.10 Å². The molecule has 0 bridgehead atoms. The molecule has 2 aromatic rings. The van der Waals surface area contributed by atoms with Crippen LogP contribution in [0.1, 0.15) is 12.7 Å². The molecule has 1 aromatic heterocycles. The van der Waals surface area contributed by atoms with Crippen LogP contribution in [0.3, 0.4) is 0 Å². The molecule has 0 radical (unpaired) electrons. The number of nitrogens with one attached hydrogen (secondary N) is 2. The van der Waals surface area contributed by atoms with E-state index in [0.717, 1.165) is 11.4 Å². The number of nitrogens with zero attached hydrogens (tertiary/aromatic N) is 1. The van der Waals surface area contributed by atoms with Gasteiger partial charge < -0.3 is 14.5 Å². The Labute approximate surface area is 134 Å². The van der Waals surface area contributed by atoms with E-state index < -0.39 is 0 Å². The zero-order chi connectivity index (χ0) is 16.5. The van der Waals surface area contributed by atoms with E-state index in [1.807, 2.05) is 30.3 Å². The first kappa shape index (κ1) is 16.4. The molecule has 0 spiro atoms. The minimum Gasteiger partial charge on any atom is -0.495 e. The largest absolute Gasteiger partial charge is 0.495 e. The smallest absolute Gasteiger partial charge is 0.259 e. The normalized spacial score (nSPS) is 11.5. The summed E-state index contributed by atoms with van der Waals surface area (Å²) in [6, 6.07) is 11.0. The topological polar surface area (TPSA) is 75.9 Å². The van der Waals surface area contributed by atoms with Crippen LogP contribution < -0.4 is 15.5 Å². The van der Waals surface area contributed by atoms with Gasteiger partial charge in [0, 0.05) is 0 Å². The number of amides is 1. The van der Waals surface area contributed by atoms with Gasteiger partial charge in [-0.05, 0) is 43.3 Å². The van der Waals surface area contributed by atoms with Gasteiger partial charge in [0.2, 0.25) is 0 Å². The Balaban J connectivity index is 1.81. The third kappa shape index (κ3) is 5.35. The lowest BCUT2D eigenvalue weighted by Crippen LogP contribution is -2.26. The van der Waals surface area contributed by atoms with Gasteiger partial charge in [0.1, 0.15) is 11.5 Å². The fourth-order valence-corrected chi connectivity index (χ4v) is 1.78. The van der Waals surface area contributed by atoms with E-state index in [9.17, 15) is 4.79 Å². The van der Waals surface area contributed by atoms with Crippen molar-refractivity contribution in [2.75, 3.05) is 19.0 Å². The second-order valence-electron chi connectivity index (χ2n) is 4.69. The van der Waals surface area contributed by atoms with Crippen LogP contribution >= 0.6 is 0 Å². The van der Waals surface area contributed by atoms with Crippen molar-refractivity contribution >= 4 is 23.4 Å². The first-order valence-corrected chi connectivity index (χ1v) is 7.10. The van der Waals surface area contributed by atoms with E-state index in [1.165, 1.54) is 0 Å². The molecule has 0 unspecified atom stereocenters. The zero-order valence-electron chi connectivity index (χ0n) is 13.1. The molecule has 2 N–H and O–H groups in total. The first-order valence-electron chi connectivity index (χ1n) is 7.10. The number of carbonyl (C=O) groups excluding carboxylic acids is 1. The summed E-state index contributed by atoms with van der Waals surface area (Å²) in [5, 5.41) is 7.00. The Bertz CT molecular complexity index is 691. The Morgan fingerprint density at radius 2 is 2.13 bits per heavy atom. The average molecular weight is 313 g/mol. The van der Waals surface area contributed by atoms with Crippen molar-refractivity contribution in [2.45, 2.75) is 6.92 Å². The van der Waals surface area contributed by atoms with Crippen LogP contribution in [0.4, 0.5) is 5.69 Å². The molecule has 0 fully saturated rings. The molecule has 6 nitrogen and oxygen atoms in total. The molecule has 0 aliphatic carbocycles. The van der Waals surface area contributed by atoms with Crippen molar-refractivity contribution in [3.63, 3.8) is 0 Å². The number of hydrogen-bond acceptors (Lipinski definition) is 5. The summed E-state index contributed by atoms with van der Waals surface area (Å²) in [5.74, 6) is 1.16. The maximum absolute atomic E-state index is 11.8. The number of carbonyl (C=O) groups is 1. The van der Waals surface area contributed by atoms with Gasteiger partial charge in [-0.3, -0.25) is 4.79 Å². The Morgan fingerprint density at radius 3 is 2.87 bits per heavy atom. The molecule has 1 aromatic carbocycles. The lowest BCUT2D eigenvalue weighted by atomic mass is 10.3. The number of para-hydroxylation sites is 2. The minimum absolute atomic E-state index is 0.0963. The van der Waals surface area contributed by atoms with Crippen molar-refractivity contribution in [1.29, 1.82) is 0 Å². The van der Waals surface area contributed by atoms with Gasteiger partial charge in [0.15, 0.2) is 0 Å². The molecule has 6 heteroatoms. The summed E-state index contributed by atoms with van der Waals surface area (Å²) < 4.78 is 10.4. The number of ether oxygens (including phenoxy) is 1. The van der Waals surface area contributed by atoms with Crippen molar-refractivity contribution in [1.82, 2.24) is 5.43 Å². The van der Waals surface area contributed by atoms with Gasteiger partial charge in [-0.15, -0.1) is 0 Å². The maximum Gasteiger partial charge on any atom is 0.259 e. The van der Waals surface area contributed by atoms with Gasteiger partial charge in [-0.1, -0.05) is 12.1 Å². The molecule has 0 aliphatic rings. The van der Waals surface area contributed by atoms with Crippen LogP contribution in [-0.2, 0) is 4.79 Å². The van der Waals surface area contributed by atoms with Crippen LogP contribution in [0.5, 0.6) is 5.75 Å². The first-order chi connectivity index (χ1) is 11.2. The monoisotopic (exact) mass is 313 g/mol. The summed E-state index contributed by atoms with van der Waals surface area (Å²) in [6.45, 7) is 1.88. The highest BCUT2D eigenvalue weighted by Crippen LogP contribution is 2.22. The van der Waals surface area contributed by atoms with Crippen LogP contribution in [0.15, 0.2) is 58.3 Å². The Hall–Kier alpha value is -3.02. The molecule has 23 heavy (non-hydrogen) atoms. The number of methoxy groups -OCH3 is 1. The summed E-state index contributed by atoms with van der Waals surface area (Å²) in [4.78, 5) is 11.8. The molecule has 1 amide bonds. The third-order valence-electron chi connectivity index (χ3n) is 2.94. The second-order valence-corrected chi connectivity index (χ2v) is 4.69. The summed E-state index contributed by atoms with van der Waals surface area (Å²) in [7, 11) is 1.58. The minimum atomic E-state index is -0.248. The molecule has 120 valence electrons. The van der Waals surface area contributed by atoms with E-state index in [1.54, 1.807) is 38.5 Å². The highest BCUT2D eigenvalue weighted by Gasteiger charge is 2.04. The SMILES string of the molecule is COc1ccccc1NCC(=O)NN=C(C)C=Cc1ccco1. The summed E-state index contributed by atoms with van der Waals surface area (Å²) in [6.07, 6.45) is 5.13. The van der Waals surface area contributed by atoms with Crippen LogP contribution in [-0.4, -0.2) is 25.3 Å². The van der Waals surface area contributed by atoms with Gasteiger partial charge in [-0.25, -0.2) is 5.43 Å². The molecular formula is C17H19N3O3. The molecule has 0 saturated carbocycles. The fourth-order valence-electron chi connectivity index (χ4n) is 1.78. The van der Waals surface area contributed by atoms with Crippen LogP contribution in [0, 0.1) is 0 Å². The fraction of sp³-hybridized carbons (Fsp3) is 0.176. The number of hydrazone groups is 1. The van der Waals surface area contributed by atoms with E-state index in [0.29, 0.717) is 11.5 Å². The van der Waals surface area contributed by atoms with Gasteiger partial charge >= 0.3 is 0 Å². The molecule has 0 aliphatic heterocycles. The van der Waals surface area contributed by atoms with E-state index in [2.05, 4.69) is 15.8 Å². The number of allylic oxidation sites excluding steroid dienone is 1. The van der Waals surface area contributed by atoms with Gasteiger partial charge in [0.05, 0.1) is 31.3 Å². The number of anilines is 1. The number of hydrogen-bond donors (Lipinski definition) is 2. The molecule has 1 heterocycles. The molecule has 0 atom stereocenters. The van der Waals surface area contributed by atoms with E-state index in [4.69, 9.17) is 9.15 Å². The van der Waals surface area contributed by atoms with E-state index in [-0.39, 0.29) is 12.5 Å². The number of benzene rings is 1. The Morgan fingerprint density at radius 1 is 1.30 bits per heavy atom. The zero-order valence-corrected chi connectivity index (χ0v) is 13.1. The molecular weight excluding hydrogens is 294 g/mol. The predicted molar refractivity (Wildman–Crippen MR) is 90.5 cm³/mol. The quantitative estimate of drug-likeness (QED) is 0.609. The van der Waals surface area contributed by atoms with E-state index >= 15 is 0 Å². The van der Waals surface area contributed by atoms with Crippen molar-refractivity contribution in [2.24, 2.45) is 5.10 Å². The molecule has 0 saturated heterocycles. The number of furan rings is 1. The van der Waals surface area contributed by atoms with Crippen molar-refractivity contribution in [3.05, 3.63) is 54.5 Å². The second kappa shape index (κ2) is 8.43. The molecule has 2 rings (SSSR count). The van der Waals surface area contributed by atoms with Crippen molar-refractivity contribution in [3.8, 4) is 5.75 Å². The highest BCUT2D eigenvalue weighted by molar-refractivity contribution is 5.96. The van der Waals surface area contributed by atoms with Gasteiger partial charge in [0.25, 0.3) is 5.91 Å². The summed E-state index contributed by atoms with van der Waals surface area (Å²) >= 11 is 0. The highest BCUT2D eigenvalue weighted by atomic mass is 16.5.